The summed E-state index contributed by atoms with van der Waals surface area (Å²) < 4.78 is 10.9. The fraction of sp³-hybridized carbons (Fsp3) is 0.250. The van der Waals surface area contributed by atoms with Crippen molar-refractivity contribution in [2.75, 3.05) is 12.4 Å². The van der Waals surface area contributed by atoms with Crippen molar-refractivity contribution in [1.82, 2.24) is 15.2 Å². The average Bonchev–Trinajstić information content (AvgIpc) is 3.15. The second-order valence-electron chi connectivity index (χ2n) is 6.10. The molecule has 0 bridgehead atoms. The highest BCUT2D eigenvalue weighted by atomic mass is 32.2. The number of aryl methyl sites for hydroxylation is 1. The molecule has 2 aromatic carbocycles. The van der Waals surface area contributed by atoms with Gasteiger partial charge in [0.05, 0.1) is 12.4 Å². The van der Waals surface area contributed by atoms with Gasteiger partial charge in [0.25, 0.3) is 0 Å². The number of para-hydroxylation sites is 1. The lowest BCUT2D eigenvalue weighted by Crippen LogP contribution is -2.22. The zero-order chi connectivity index (χ0) is 19.9. The van der Waals surface area contributed by atoms with Crippen molar-refractivity contribution in [3.05, 3.63) is 59.9 Å². The van der Waals surface area contributed by atoms with Crippen molar-refractivity contribution < 1.29 is 14.3 Å². The van der Waals surface area contributed by atoms with E-state index in [9.17, 15) is 4.79 Å². The van der Waals surface area contributed by atoms with Crippen molar-refractivity contribution in [3.8, 4) is 11.5 Å². The van der Waals surface area contributed by atoms with Crippen molar-refractivity contribution in [2.24, 2.45) is 0 Å². The molecular weight excluding hydrogens is 376 g/mol. The summed E-state index contributed by atoms with van der Waals surface area (Å²) in [4.78, 5) is 16.8. The van der Waals surface area contributed by atoms with Gasteiger partial charge in [0, 0.05) is 5.69 Å². The summed E-state index contributed by atoms with van der Waals surface area (Å²) in [5.74, 6) is 2.02. The Bertz CT molecular complexity index is 927. The number of amides is 1. The standard InChI is InChI=1S/C20H22N4O3S/c1-13-6-4-5-7-17(13)27-12-18-22-20(24-23-18)28-14(2)19(25)21-15-8-10-16(26-3)11-9-15/h4-11,14H,12H2,1-3H3,(H,21,25)(H,22,23,24)/t14-/m0/s1. The highest BCUT2D eigenvalue weighted by Gasteiger charge is 2.17. The lowest BCUT2D eigenvalue weighted by molar-refractivity contribution is -0.115. The van der Waals surface area contributed by atoms with E-state index in [0.717, 1.165) is 17.1 Å². The van der Waals surface area contributed by atoms with E-state index in [2.05, 4.69) is 20.5 Å². The number of nitrogens with one attached hydrogen (secondary N) is 2. The number of thioether (sulfide) groups is 1. The maximum Gasteiger partial charge on any atom is 0.237 e. The number of methoxy groups -OCH3 is 1. The van der Waals surface area contributed by atoms with Crippen LogP contribution in [0.25, 0.3) is 0 Å². The van der Waals surface area contributed by atoms with E-state index in [1.165, 1.54) is 11.8 Å². The van der Waals surface area contributed by atoms with E-state index in [4.69, 9.17) is 9.47 Å². The molecule has 28 heavy (non-hydrogen) atoms. The molecule has 0 saturated carbocycles. The first-order valence-electron chi connectivity index (χ1n) is 8.76. The Balaban J connectivity index is 1.51. The van der Waals surface area contributed by atoms with Gasteiger partial charge in [-0.2, -0.15) is 0 Å². The third kappa shape index (κ3) is 5.26. The maximum absolute atomic E-state index is 12.4. The highest BCUT2D eigenvalue weighted by Crippen LogP contribution is 2.22. The van der Waals surface area contributed by atoms with E-state index in [1.807, 2.05) is 38.1 Å². The van der Waals surface area contributed by atoms with Crippen molar-refractivity contribution in [2.45, 2.75) is 30.9 Å². The number of hydrogen-bond acceptors (Lipinski definition) is 6. The Labute approximate surface area is 167 Å². The van der Waals surface area contributed by atoms with Crippen LogP contribution >= 0.6 is 11.8 Å². The van der Waals surface area contributed by atoms with Gasteiger partial charge in [-0.1, -0.05) is 30.0 Å². The summed E-state index contributed by atoms with van der Waals surface area (Å²) in [5.41, 5.74) is 1.76. The predicted molar refractivity (Wildman–Crippen MR) is 109 cm³/mol. The van der Waals surface area contributed by atoms with Gasteiger partial charge in [0.2, 0.25) is 11.1 Å². The van der Waals surface area contributed by atoms with Gasteiger partial charge in [0.15, 0.2) is 5.82 Å². The van der Waals surface area contributed by atoms with Gasteiger partial charge in [-0.25, -0.2) is 4.98 Å². The number of aromatic nitrogens is 3. The molecule has 8 heteroatoms. The third-order valence-electron chi connectivity index (χ3n) is 3.98. The molecule has 3 rings (SSSR count). The molecule has 0 fully saturated rings. The summed E-state index contributed by atoms with van der Waals surface area (Å²) >= 11 is 1.28. The predicted octanol–water partition coefficient (Wildman–Crippen LogP) is 3.82. The Morgan fingerprint density at radius 3 is 2.68 bits per heavy atom. The first-order valence-corrected chi connectivity index (χ1v) is 9.64. The number of benzene rings is 2. The number of rotatable bonds is 8. The van der Waals surface area contributed by atoms with Gasteiger partial charge in [-0.05, 0) is 49.7 Å². The quantitative estimate of drug-likeness (QED) is 0.561. The molecule has 0 aliphatic rings. The van der Waals surface area contributed by atoms with Gasteiger partial charge in [-0.15, -0.1) is 5.10 Å². The number of anilines is 1. The fourth-order valence-corrected chi connectivity index (χ4v) is 3.13. The average molecular weight is 398 g/mol. The van der Waals surface area contributed by atoms with Crippen LogP contribution in [0.3, 0.4) is 0 Å². The van der Waals surface area contributed by atoms with Crippen LogP contribution in [0.15, 0.2) is 53.7 Å². The third-order valence-corrected chi connectivity index (χ3v) is 4.94. The second-order valence-corrected chi connectivity index (χ2v) is 7.40. The number of carbonyl (C=O) groups is 1. The Kier molecular flexibility index (Phi) is 6.54. The zero-order valence-electron chi connectivity index (χ0n) is 15.9. The molecule has 1 aromatic heterocycles. The molecule has 3 aromatic rings. The molecule has 2 N–H and O–H groups in total. The normalized spacial score (nSPS) is 11.7. The maximum atomic E-state index is 12.4. The second kappa shape index (κ2) is 9.27. The molecule has 1 amide bonds. The van der Waals surface area contributed by atoms with E-state index >= 15 is 0 Å². The number of carbonyl (C=O) groups excluding carboxylic acids is 1. The van der Waals surface area contributed by atoms with Crippen LogP contribution in [0.2, 0.25) is 0 Å². The lowest BCUT2D eigenvalue weighted by Gasteiger charge is -2.10. The molecular formula is C20H22N4O3S. The molecule has 0 spiro atoms. The van der Waals surface area contributed by atoms with Gasteiger partial charge in [-0.3, -0.25) is 9.89 Å². The SMILES string of the molecule is COc1ccc(NC(=O)[C@H](C)Sc2n[nH]c(COc3ccccc3C)n2)cc1. The Hall–Kier alpha value is -3.00. The first-order chi connectivity index (χ1) is 13.5. The van der Waals surface area contributed by atoms with Crippen molar-refractivity contribution in [3.63, 3.8) is 0 Å². The summed E-state index contributed by atoms with van der Waals surface area (Å²) in [6, 6.07) is 15.0. The lowest BCUT2D eigenvalue weighted by atomic mass is 10.2. The number of aromatic amines is 1. The minimum atomic E-state index is -0.358. The summed E-state index contributed by atoms with van der Waals surface area (Å²) in [7, 11) is 1.60. The smallest absolute Gasteiger partial charge is 0.237 e. The molecule has 1 atom stereocenters. The molecule has 0 aliphatic heterocycles. The van der Waals surface area contributed by atoms with Crippen LogP contribution in [0.4, 0.5) is 5.69 Å². The van der Waals surface area contributed by atoms with E-state index < -0.39 is 0 Å². The number of ether oxygens (including phenoxy) is 2. The van der Waals surface area contributed by atoms with Crippen molar-refractivity contribution in [1.29, 1.82) is 0 Å². The van der Waals surface area contributed by atoms with Gasteiger partial charge < -0.3 is 14.8 Å². The first kappa shape index (κ1) is 19.8. The van der Waals surface area contributed by atoms with E-state index in [1.54, 1.807) is 31.4 Å². The largest absolute Gasteiger partial charge is 0.497 e. The topological polar surface area (TPSA) is 89.1 Å². The van der Waals surface area contributed by atoms with Crippen LogP contribution in [0, 0.1) is 6.92 Å². The molecule has 0 saturated heterocycles. The number of H-pyrrole nitrogens is 1. The minimum absolute atomic E-state index is 0.127. The molecule has 146 valence electrons. The fourth-order valence-electron chi connectivity index (χ4n) is 2.39. The number of nitrogens with zero attached hydrogens (tertiary/aromatic N) is 2. The summed E-state index contributed by atoms with van der Waals surface area (Å²) in [6.07, 6.45) is 0. The summed E-state index contributed by atoms with van der Waals surface area (Å²) in [6.45, 7) is 4.08. The Morgan fingerprint density at radius 2 is 1.96 bits per heavy atom. The van der Waals surface area contributed by atoms with Crippen LogP contribution in [0.1, 0.15) is 18.3 Å². The van der Waals surface area contributed by atoms with Crippen LogP contribution in [-0.4, -0.2) is 33.4 Å². The molecule has 0 radical (unpaired) electrons. The zero-order valence-corrected chi connectivity index (χ0v) is 16.7. The molecule has 1 heterocycles. The molecule has 0 aliphatic carbocycles. The molecule has 0 unspecified atom stereocenters. The Morgan fingerprint density at radius 1 is 1.21 bits per heavy atom. The van der Waals surface area contributed by atoms with E-state index in [0.29, 0.717) is 16.7 Å². The van der Waals surface area contributed by atoms with Crippen LogP contribution in [0.5, 0.6) is 11.5 Å². The van der Waals surface area contributed by atoms with Crippen molar-refractivity contribution >= 4 is 23.4 Å². The minimum Gasteiger partial charge on any atom is -0.497 e. The van der Waals surface area contributed by atoms with Crippen LogP contribution < -0.4 is 14.8 Å². The van der Waals surface area contributed by atoms with Gasteiger partial charge in [0.1, 0.15) is 18.1 Å². The van der Waals surface area contributed by atoms with Gasteiger partial charge >= 0.3 is 0 Å². The van der Waals surface area contributed by atoms with Crippen LogP contribution in [-0.2, 0) is 11.4 Å². The monoisotopic (exact) mass is 398 g/mol. The highest BCUT2D eigenvalue weighted by molar-refractivity contribution is 8.00. The number of hydrogen-bond donors (Lipinski definition) is 2. The summed E-state index contributed by atoms with van der Waals surface area (Å²) in [5, 5.41) is 10.0. The molecule has 7 nitrogen and oxygen atoms in total. The van der Waals surface area contributed by atoms with E-state index in [-0.39, 0.29) is 17.8 Å².